The van der Waals surface area contributed by atoms with Crippen LogP contribution in [0.25, 0.3) is 0 Å². The van der Waals surface area contributed by atoms with E-state index in [1.807, 2.05) is 6.07 Å². The molecule has 0 fully saturated rings. The third kappa shape index (κ3) is 3.41. The highest BCUT2D eigenvalue weighted by molar-refractivity contribution is 6.30. The van der Waals surface area contributed by atoms with Crippen LogP contribution in [0, 0.1) is 16.7 Å². The van der Waals surface area contributed by atoms with Crippen molar-refractivity contribution >= 4 is 23.3 Å². The molecule has 0 atom stereocenters. The van der Waals surface area contributed by atoms with Crippen molar-refractivity contribution in [1.29, 1.82) is 10.7 Å². The van der Waals surface area contributed by atoms with Crippen LogP contribution in [0.15, 0.2) is 29.3 Å². The van der Waals surface area contributed by atoms with Gasteiger partial charge in [0, 0.05) is 10.6 Å². The molecule has 0 spiro atoms. The lowest BCUT2D eigenvalue weighted by Gasteiger charge is -1.99. The molecule has 1 rings (SSSR count). The molecule has 0 unspecified atom stereocenters. The van der Waals surface area contributed by atoms with Crippen LogP contribution in [0.4, 0.5) is 0 Å². The summed E-state index contributed by atoms with van der Waals surface area (Å²) < 4.78 is 0. The Hall–Kier alpha value is -1.86. The minimum atomic E-state index is 0.0238. The summed E-state index contributed by atoms with van der Waals surface area (Å²) in [5.41, 5.74) is 6.02. The Balaban J connectivity index is 2.82. The fraction of sp³-hybridized carbons (Fsp3) is 0.100. The smallest absolute Gasteiger partial charge is 0.153 e. The number of amidine groups is 2. The molecule has 0 radical (unpaired) electrons. The number of hydrogen-bond acceptors (Lipinski definition) is 2. The van der Waals surface area contributed by atoms with Crippen molar-refractivity contribution in [2.75, 3.05) is 0 Å². The Kier molecular flexibility index (Phi) is 3.83. The summed E-state index contributed by atoms with van der Waals surface area (Å²) >= 11 is 5.70. The third-order valence-corrected chi connectivity index (χ3v) is 1.89. The molecule has 1 aromatic rings. The molecule has 15 heavy (non-hydrogen) atoms. The number of nitriles is 1. The highest BCUT2D eigenvalue weighted by Gasteiger charge is 2.00. The molecule has 3 N–H and O–H groups in total. The van der Waals surface area contributed by atoms with E-state index in [9.17, 15) is 0 Å². The van der Waals surface area contributed by atoms with E-state index in [1.54, 1.807) is 24.3 Å². The largest absolute Gasteiger partial charge is 0.386 e. The summed E-state index contributed by atoms with van der Waals surface area (Å²) in [6.07, 6.45) is 0.0238. The normalized spacial score (nSPS) is 10.8. The molecular weight excluding hydrogens is 212 g/mol. The summed E-state index contributed by atoms with van der Waals surface area (Å²) in [5, 5.41) is 16.5. The molecule has 76 valence electrons. The van der Waals surface area contributed by atoms with E-state index in [1.165, 1.54) is 0 Å². The minimum Gasteiger partial charge on any atom is -0.386 e. The van der Waals surface area contributed by atoms with Gasteiger partial charge in [0.2, 0.25) is 0 Å². The van der Waals surface area contributed by atoms with Gasteiger partial charge in [0.05, 0.1) is 12.5 Å². The maximum Gasteiger partial charge on any atom is 0.153 e. The monoisotopic (exact) mass is 220 g/mol. The SMILES string of the molecule is N#CCC(N)=NC(=N)c1ccc(Cl)cc1. The summed E-state index contributed by atoms with van der Waals surface area (Å²) in [6, 6.07) is 8.54. The van der Waals surface area contributed by atoms with Gasteiger partial charge in [-0.25, -0.2) is 4.99 Å². The van der Waals surface area contributed by atoms with Crippen LogP contribution >= 0.6 is 11.6 Å². The highest BCUT2D eigenvalue weighted by Crippen LogP contribution is 2.10. The van der Waals surface area contributed by atoms with Crippen molar-refractivity contribution < 1.29 is 0 Å². The Morgan fingerprint density at radius 2 is 2.07 bits per heavy atom. The summed E-state index contributed by atoms with van der Waals surface area (Å²) in [6.45, 7) is 0. The van der Waals surface area contributed by atoms with Gasteiger partial charge in [0.15, 0.2) is 5.84 Å². The molecule has 5 heteroatoms. The summed E-state index contributed by atoms with van der Waals surface area (Å²) in [5.74, 6) is 0.164. The maximum atomic E-state index is 8.36. The van der Waals surface area contributed by atoms with E-state index >= 15 is 0 Å². The quantitative estimate of drug-likeness (QED) is 0.590. The zero-order valence-corrected chi connectivity index (χ0v) is 8.62. The first-order chi connectivity index (χ1) is 7.13. The molecule has 0 aliphatic rings. The van der Waals surface area contributed by atoms with Crippen molar-refractivity contribution in [1.82, 2.24) is 0 Å². The number of nitrogens with zero attached hydrogens (tertiary/aromatic N) is 2. The first-order valence-electron chi connectivity index (χ1n) is 4.18. The Bertz CT molecular complexity index is 428. The number of aliphatic imine (C=N–C) groups is 1. The van der Waals surface area contributed by atoms with Crippen LogP contribution in [-0.4, -0.2) is 11.7 Å². The topological polar surface area (TPSA) is 86.0 Å². The van der Waals surface area contributed by atoms with Crippen molar-refractivity contribution in [3.63, 3.8) is 0 Å². The predicted octanol–water partition coefficient (Wildman–Crippen LogP) is 1.94. The van der Waals surface area contributed by atoms with Gasteiger partial charge >= 0.3 is 0 Å². The second kappa shape index (κ2) is 5.13. The first-order valence-corrected chi connectivity index (χ1v) is 4.55. The molecule has 0 aliphatic heterocycles. The summed E-state index contributed by atoms with van der Waals surface area (Å²) in [4.78, 5) is 3.78. The fourth-order valence-corrected chi connectivity index (χ4v) is 1.06. The Morgan fingerprint density at radius 1 is 1.47 bits per heavy atom. The zero-order chi connectivity index (χ0) is 11.3. The lowest BCUT2D eigenvalue weighted by atomic mass is 10.2. The van der Waals surface area contributed by atoms with Gasteiger partial charge in [-0.1, -0.05) is 11.6 Å². The average Bonchev–Trinajstić information content (AvgIpc) is 2.18. The molecule has 0 bridgehead atoms. The minimum absolute atomic E-state index is 0.0238. The molecule has 0 aliphatic carbocycles. The lowest BCUT2D eigenvalue weighted by Crippen LogP contribution is -2.13. The highest BCUT2D eigenvalue weighted by atomic mass is 35.5. The average molecular weight is 221 g/mol. The fourth-order valence-electron chi connectivity index (χ4n) is 0.936. The lowest BCUT2D eigenvalue weighted by molar-refractivity contribution is 1.33. The second-order valence-electron chi connectivity index (χ2n) is 2.79. The predicted molar refractivity (Wildman–Crippen MR) is 60.1 cm³/mol. The third-order valence-electron chi connectivity index (χ3n) is 1.63. The maximum absolute atomic E-state index is 8.36. The van der Waals surface area contributed by atoms with Gasteiger partial charge < -0.3 is 5.73 Å². The van der Waals surface area contributed by atoms with Gasteiger partial charge in [-0.3, -0.25) is 5.41 Å². The number of benzene rings is 1. The number of nitrogens with two attached hydrogens (primary N) is 1. The summed E-state index contributed by atoms with van der Waals surface area (Å²) in [7, 11) is 0. The number of hydrogen-bond donors (Lipinski definition) is 2. The van der Waals surface area contributed by atoms with E-state index in [0.717, 1.165) is 0 Å². The van der Waals surface area contributed by atoms with Gasteiger partial charge in [0.25, 0.3) is 0 Å². The number of halogens is 1. The van der Waals surface area contributed by atoms with Crippen molar-refractivity contribution in [3.8, 4) is 6.07 Å². The van der Waals surface area contributed by atoms with E-state index in [2.05, 4.69) is 4.99 Å². The molecule has 1 aromatic carbocycles. The van der Waals surface area contributed by atoms with E-state index in [0.29, 0.717) is 10.6 Å². The van der Waals surface area contributed by atoms with Crippen LogP contribution in [-0.2, 0) is 0 Å². The van der Waals surface area contributed by atoms with Gasteiger partial charge in [0.1, 0.15) is 5.84 Å². The standard InChI is InChI=1S/C10H9ClN4/c11-8-3-1-7(2-4-8)10(14)15-9(13)5-6-12/h1-4H,5H2,(H3,13,14,15). The van der Waals surface area contributed by atoms with Gasteiger partial charge in [-0.15, -0.1) is 0 Å². The van der Waals surface area contributed by atoms with Crippen molar-refractivity contribution in [3.05, 3.63) is 34.9 Å². The van der Waals surface area contributed by atoms with Gasteiger partial charge in [-0.05, 0) is 24.3 Å². The van der Waals surface area contributed by atoms with E-state index in [-0.39, 0.29) is 18.1 Å². The van der Waals surface area contributed by atoms with Crippen LogP contribution < -0.4 is 5.73 Å². The number of nitrogens with one attached hydrogen (secondary N) is 1. The molecule has 0 amide bonds. The zero-order valence-electron chi connectivity index (χ0n) is 7.87. The Morgan fingerprint density at radius 3 is 2.60 bits per heavy atom. The van der Waals surface area contributed by atoms with Crippen LogP contribution in [0.1, 0.15) is 12.0 Å². The molecule has 0 aromatic heterocycles. The van der Waals surface area contributed by atoms with Crippen LogP contribution in [0.3, 0.4) is 0 Å². The van der Waals surface area contributed by atoms with Crippen LogP contribution in [0.5, 0.6) is 0 Å². The molecule has 4 nitrogen and oxygen atoms in total. The van der Waals surface area contributed by atoms with Crippen molar-refractivity contribution in [2.24, 2.45) is 10.7 Å². The Labute approximate surface area is 92.5 Å². The van der Waals surface area contributed by atoms with Crippen LogP contribution in [0.2, 0.25) is 5.02 Å². The second-order valence-corrected chi connectivity index (χ2v) is 3.23. The van der Waals surface area contributed by atoms with Crippen molar-refractivity contribution in [2.45, 2.75) is 6.42 Å². The molecule has 0 heterocycles. The number of rotatable bonds is 2. The van der Waals surface area contributed by atoms with E-state index in [4.69, 9.17) is 28.0 Å². The molecule has 0 saturated carbocycles. The van der Waals surface area contributed by atoms with Gasteiger partial charge in [-0.2, -0.15) is 5.26 Å². The first kappa shape index (κ1) is 11.2. The van der Waals surface area contributed by atoms with E-state index < -0.39 is 0 Å². The molecule has 0 saturated heterocycles. The molecular formula is C10H9ClN4.